The van der Waals surface area contributed by atoms with E-state index in [-0.39, 0.29) is 111 Å². The van der Waals surface area contributed by atoms with Gasteiger partial charge in [0.1, 0.15) is 29.5 Å². The van der Waals surface area contributed by atoms with Crippen LogP contribution in [0.5, 0.6) is 6.01 Å². The first-order valence-electron chi connectivity index (χ1n) is 18.0. The second-order valence-electron chi connectivity index (χ2n) is 14.6. The molecule has 0 spiro atoms. The van der Waals surface area contributed by atoms with Gasteiger partial charge in [-0.05, 0) is 67.8 Å². The Kier molecular flexibility index (Phi) is 12.4. The van der Waals surface area contributed by atoms with Crippen LogP contribution in [0.15, 0.2) is 65.7 Å². The largest absolute Gasteiger partial charge is 1.00 e. The number of aromatic nitrogens is 3. The van der Waals surface area contributed by atoms with Gasteiger partial charge in [0.15, 0.2) is 16.9 Å². The zero-order chi connectivity index (χ0) is 36.3. The molecule has 6 heterocycles. The summed E-state index contributed by atoms with van der Waals surface area (Å²) >= 11 is -2.02. The first-order chi connectivity index (χ1) is 25.8. The Hall–Kier alpha value is -2.53. The van der Waals surface area contributed by atoms with Crippen LogP contribution in [-0.2, 0) is 22.4 Å². The maximum Gasteiger partial charge on any atom is 1.00 e. The van der Waals surface area contributed by atoms with E-state index >= 15 is 4.39 Å². The van der Waals surface area contributed by atoms with E-state index in [0.29, 0.717) is 57.7 Å². The standard InChI is InChI=1S/C40H38F2N6O4S.CH3.Cs/c1-2-30-33(41)14-9-25-5-3-6-31(34(25)30)36-35(42)37-32(18-43-36)38(47-19-26-10-11-27(20-47)44-26)46-39(45-37)52-23-40-15-4-16-48(40)21-28(17-40)51-22-24-7-12-29(13-8-24)53(49)50;;/h1,3,5-9,12-14,18,26-28,44H,4,10-11,15-17,19-23H2,(H,49,50);1H3;/q;-1;+1. The van der Waals surface area contributed by atoms with Gasteiger partial charge in [0.25, 0.3) is 0 Å². The van der Waals surface area contributed by atoms with Crippen molar-refractivity contribution in [1.29, 1.82) is 0 Å². The predicted octanol–water partition coefficient (Wildman–Crippen LogP) is 3.28. The molecule has 3 aromatic carbocycles. The number of nitrogens with one attached hydrogen (secondary N) is 1. The molecule has 2 N–H and O–H groups in total. The van der Waals surface area contributed by atoms with E-state index < -0.39 is 22.7 Å². The van der Waals surface area contributed by atoms with Crippen molar-refractivity contribution in [3.63, 3.8) is 0 Å². The minimum Gasteiger partial charge on any atom is -0.461 e. The van der Waals surface area contributed by atoms with Crippen molar-refractivity contribution in [2.45, 2.75) is 67.3 Å². The molecule has 4 saturated heterocycles. The molecule has 0 saturated carbocycles. The summed E-state index contributed by atoms with van der Waals surface area (Å²) in [5, 5.41) is 5.23. The van der Waals surface area contributed by atoms with Crippen LogP contribution in [-0.4, -0.2) is 85.1 Å². The number of terminal acetylenes is 1. The maximum atomic E-state index is 17.0. The molecule has 4 aliphatic heterocycles. The van der Waals surface area contributed by atoms with Crippen molar-refractivity contribution in [1.82, 2.24) is 25.2 Å². The van der Waals surface area contributed by atoms with Crippen LogP contribution >= 0.6 is 0 Å². The molecular formula is C41H41CsF2N6O4S. The minimum atomic E-state index is -2.02. The van der Waals surface area contributed by atoms with Crippen molar-refractivity contribution >= 4 is 38.6 Å². The van der Waals surface area contributed by atoms with Crippen molar-refractivity contribution in [2.24, 2.45) is 0 Å². The van der Waals surface area contributed by atoms with E-state index in [4.69, 9.17) is 25.9 Å². The fraction of sp³-hybridized carbons (Fsp3) is 0.366. The van der Waals surface area contributed by atoms with Gasteiger partial charge in [-0.25, -0.2) is 13.0 Å². The molecule has 4 aliphatic rings. The molecule has 55 heavy (non-hydrogen) atoms. The summed E-state index contributed by atoms with van der Waals surface area (Å²) in [7, 11) is 0. The van der Waals surface area contributed by atoms with Gasteiger partial charge in [-0.2, -0.15) is 9.97 Å². The Labute approximate surface area is 380 Å². The number of benzene rings is 3. The first kappa shape index (κ1) is 40.7. The van der Waals surface area contributed by atoms with Gasteiger partial charge in [0.05, 0.1) is 34.1 Å². The monoisotopic (exact) mass is 884 g/mol. The molecule has 0 amide bonds. The normalized spacial score (nSPS) is 23.6. The molecule has 9 rings (SSSR count). The number of fused-ring (bicyclic) bond motifs is 5. The van der Waals surface area contributed by atoms with Crippen LogP contribution in [0.1, 0.15) is 43.2 Å². The van der Waals surface area contributed by atoms with E-state index in [9.17, 15) is 13.2 Å². The Morgan fingerprint density at radius 2 is 1.84 bits per heavy atom. The maximum absolute atomic E-state index is 17.0. The van der Waals surface area contributed by atoms with E-state index in [1.807, 2.05) is 18.2 Å². The number of hydrogen-bond donors (Lipinski definition) is 2. The van der Waals surface area contributed by atoms with E-state index in [1.165, 1.54) is 6.07 Å². The predicted molar refractivity (Wildman–Crippen MR) is 204 cm³/mol. The summed E-state index contributed by atoms with van der Waals surface area (Å²) in [6.45, 7) is 3.81. The quantitative estimate of drug-likeness (QED) is 0.130. The number of pyridine rings is 1. The van der Waals surface area contributed by atoms with Crippen LogP contribution in [0.3, 0.4) is 0 Å². The first-order valence-corrected chi connectivity index (χ1v) is 19.1. The number of rotatable bonds is 9. The summed E-state index contributed by atoms with van der Waals surface area (Å²) < 4.78 is 65.4. The van der Waals surface area contributed by atoms with Crippen molar-refractivity contribution < 1.29 is 95.9 Å². The van der Waals surface area contributed by atoms with Gasteiger partial charge < -0.3 is 31.7 Å². The molecule has 10 nitrogen and oxygen atoms in total. The van der Waals surface area contributed by atoms with Crippen molar-refractivity contribution in [3.05, 3.63) is 91.0 Å². The Morgan fingerprint density at radius 3 is 2.58 bits per heavy atom. The fourth-order valence-electron chi connectivity index (χ4n) is 8.87. The molecule has 5 unspecified atom stereocenters. The topological polar surface area (TPSA) is 113 Å². The van der Waals surface area contributed by atoms with E-state index in [0.717, 1.165) is 63.8 Å². The van der Waals surface area contributed by atoms with Crippen LogP contribution in [0.4, 0.5) is 14.6 Å². The number of anilines is 1. The molecule has 280 valence electrons. The van der Waals surface area contributed by atoms with Gasteiger partial charge in [0, 0.05) is 48.9 Å². The van der Waals surface area contributed by atoms with E-state index in [1.54, 1.807) is 36.5 Å². The van der Waals surface area contributed by atoms with Crippen LogP contribution in [0.2, 0.25) is 0 Å². The summed E-state index contributed by atoms with van der Waals surface area (Å²) in [5.41, 5.74) is 1.19. The molecule has 5 atom stereocenters. The minimum absolute atomic E-state index is 0. The third-order valence-electron chi connectivity index (χ3n) is 11.4. The number of halogens is 2. The average Bonchev–Trinajstić information content (AvgIpc) is 3.84. The molecule has 0 radical (unpaired) electrons. The summed E-state index contributed by atoms with van der Waals surface area (Å²) in [5.74, 6) is 1.83. The second-order valence-corrected chi connectivity index (χ2v) is 15.6. The molecule has 4 fully saturated rings. The molecule has 2 bridgehead atoms. The molecule has 5 aromatic rings. The summed E-state index contributed by atoms with van der Waals surface area (Å²) in [4.78, 5) is 19.2. The molecular weight excluding hydrogens is 843 g/mol. The Morgan fingerprint density at radius 1 is 1.05 bits per heavy atom. The number of ether oxygens (including phenoxy) is 2. The van der Waals surface area contributed by atoms with Crippen molar-refractivity contribution in [2.75, 3.05) is 37.7 Å². The van der Waals surface area contributed by atoms with Crippen LogP contribution in [0.25, 0.3) is 32.9 Å². The number of hydrogen-bond acceptors (Lipinski definition) is 9. The third-order valence-corrected chi connectivity index (χ3v) is 12.1. The zero-order valence-corrected chi connectivity index (χ0v) is 38.0. The Bertz CT molecular complexity index is 2300. The molecule has 0 aliphatic carbocycles. The second kappa shape index (κ2) is 16.8. The van der Waals surface area contributed by atoms with Gasteiger partial charge >= 0.3 is 74.9 Å². The molecule has 2 aromatic heterocycles. The van der Waals surface area contributed by atoms with Gasteiger partial charge in [-0.1, -0.05) is 42.3 Å². The zero-order valence-electron chi connectivity index (χ0n) is 30.9. The van der Waals surface area contributed by atoms with Gasteiger partial charge in [-0.15, -0.1) is 6.42 Å². The van der Waals surface area contributed by atoms with Crippen LogP contribution < -0.4 is 83.8 Å². The number of piperazine rings is 1. The number of nitrogens with zero attached hydrogens (tertiary/aromatic N) is 5. The SMILES string of the molecule is C#Cc1c(F)ccc2cccc(-c3ncc4c(N5CC6CCC(C5)N6)nc(OCC56CCCN5CC(OCc5ccc(S(=O)O)cc5)C6)nc4c3F)c12.[CH3-].[Cs+]. The third kappa shape index (κ3) is 7.75. The van der Waals surface area contributed by atoms with Gasteiger partial charge in [0.2, 0.25) is 0 Å². The summed E-state index contributed by atoms with van der Waals surface area (Å²) in [6.07, 6.45) is 12.2. The molecule has 14 heteroatoms. The van der Waals surface area contributed by atoms with Crippen molar-refractivity contribution in [3.8, 4) is 29.6 Å². The Balaban J connectivity index is 0.00000233. The average molecular weight is 885 g/mol. The van der Waals surface area contributed by atoms with E-state index in [2.05, 4.69) is 26.0 Å². The smallest absolute Gasteiger partial charge is 0.461 e. The summed E-state index contributed by atoms with van der Waals surface area (Å²) in [6, 6.07) is 15.8. The fourth-order valence-corrected chi connectivity index (χ4v) is 9.24. The van der Waals surface area contributed by atoms with Crippen LogP contribution in [0, 0.1) is 31.4 Å². The van der Waals surface area contributed by atoms with Gasteiger partial charge in [-0.3, -0.25) is 9.88 Å².